The first-order valence-corrected chi connectivity index (χ1v) is 17.5. The van der Waals surface area contributed by atoms with E-state index in [2.05, 4.69) is 41.2 Å². The number of aliphatic carboxylic acids is 2. The average molecular weight is 633 g/mol. The smallest absolute Gasteiger partial charge is 0.335 e. The van der Waals surface area contributed by atoms with Gasteiger partial charge in [-0.15, -0.1) is 0 Å². The summed E-state index contributed by atoms with van der Waals surface area (Å²) >= 11 is 0. The molecule has 6 N–H and O–H groups in total. The van der Waals surface area contributed by atoms with E-state index in [0.29, 0.717) is 24.2 Å². The molecular weight excluding hydrogens is 576 g/mol. The van der Waals surface area contributed by atoms with Gasteiger partial charge in [-0.2, -0.15) is 0 Å². The third kappa shape index (κ3) is 4.42. The summed E-state index contributed by atoms with van der Waals surface area (Å²) < 4.78 is 5.57. The molecule has 1 aliphatic heterocycles. The Morgan fingerprint density at radius 2 is 1.51 bits per heavy atom. The molecule has 6 rings (SSSR count). The van der Waals surface area contributed by atoms with Crippen LogP contribution >= 0.6 is 0 Å². The van der Waals surface area contributed by atoms with Crippen molar-refractivity contribution in [1.82, 2.24) is 0 Å². The van der Waals surface area contributed by atoms with Crippen LogP contribution in [-0.4, -0.2) is 79.2 Å². The zero-order valence-corrected chi connectivity index (χ0v) is 27.7. The van der Waals surface area contributed by atoms with Crippen LogP contribution in [0.4, 0.5) is 0 Å². The summed E-state index contributed by atoms with van der Waals surface area (Å²) in [4.78, 5) is 24.6. The summed E-state index contributed by atoms with van der Waals surface area (Å²) in [7, 11) is 0. The Labute approximate surface area is 267 Å². The van der Waals surface area contributed by atoms with Crippen molar-refractivity contribution in [2.24, 2.45) is 63.1 Å². The molecule has 8 unspecified atom stereocenters. The quantitative estimate of drug-likeness (QED) is 0.243. The number of aliphatic hydroxyl groups excluding tert-OH is 4. The molecule has 0 aromatic heterocycles. The average Bonchev–Trinajstić information content (AvgIpc) is 3.38. The van der Waals surface area contributed by atoms with Gasteiger partial charge in [-0.3, -0.25) is 4.79 Å². The Bertz CT molecular complexity index is 1220. The fourth-order valence-electron chi connectivity index (χ4n) is 13.3. The first-order chi connectivity index (χ1) is 21.0. The fourth-order valence-corrected chi connectivity index (χ4v) is 13.3. The van der Waals surface area contributed by atoms with Crippen molar-refractivity contribution in [3.05, 3.63) is 12.2 Å². The molecule has 1 heterocycles. The molecule has 0 spiro atoms. The molecule has 0 aromatic rings. The van der Waals surface area contributed by atoms with Crippen LogP contribution in [0.3, 0.4) is 0 Å². The van der Waals surface area contributed by atoms with E-state index in [-0.39, 0.29) is 39.9 Å². The molecule has 0 bridgehead atoms. The van der Waals surface area contributed by atoms with Crippen LogP contribution in [0, 0.1) is 63.1 Å². The van der Waals surface area contributed by atoms with E-state index in [0.717, 1.165) is 63.4 Å². The van der Waals surface area contributed by atoms with Gasteiger partial charge in [0.15, 0.2) is 6.10 Å². The standard InChI is InChI=1S/C36H56O9/c1-17(2)19-10-14-36(32(43)44)16-15-34(5)22(24(19)36)7-8-23-33(4)12-9-20(18(3)21(33)11-13-35(23,34)6)25(37)29-27(39)26(38)28(40)30(45-29)31(41)42/h18-30,37-40H,1,7-16H2,2-6H3,(H,41,42)(H,43,44)/t18-,19-,20-,21?,22?,23?,24?,25?,26?,27?,28-,29-,30?,33-,34+,35+,36-/m0/s1. The number of hydrogen-bond donors (Lipinski definition) is 6. The van der Waals surface area contributed by atoms with Crippen molar-refractivity contribution in [2.75, 3.05) is 0 Å². The predicted octanol–water partition coefficient (Wildman–Crippen LogP) is 4.25. The van der Waals surface area contributed by atoms with Crippen LogP contribution in [0.5, 0.6) is 0 Å². The maximum atomic E-state index is 12.9. The Morgan fingerprint density at radius 3 is 2.13 bits per heavy atom. The van der Waals surface area contributed by atoms with Crippen molar-refractivity contribution in [2.45, 2.75) is 135 Å². The van der Waals surface area contributed by atoms with E-state index in [9.17, 15) is 40.2 Å². The molecule has 254 valence electrons. The predicted molar refractivity (Wildman–Crippen MR) is 166 cm³/mol. The van der Waals surface area contributed by atoms with Gasteiger partial charge in [0.1, 0.15) is 24.4 Å². The minimum absolute atomic E-state index is 0.0206. The van der Waals surface area contributed by atoms with Crippen LogP contribution in [0.25, 0.3) is 0 Å². The van der Waals surface area contributed by atoms with Crippen molar-refractivity contribution < 1.29 is 45.0 Å². The number of carboxylic acids is 2. The van der Waals surface area contributed by atoms with Gasteiger partial charge in [-0.05, 0) is 129 Å². The SMILES string of the molecule is C=C(C)[C@@H]1CC[C@]2(C(=O)O)CC[C@]3(C)C(CCC4[C@@]5(C)CC[C@H](C(O)[C@@H]6OC(C(=O)O)[C@@H](O)C(O)C6O)[C@H](C)C5CC[C@]43C)C12. The van der Waals surface area contributed by atoms with Gasteiger partial charge in [0.2, 0.25) is 0 Å². The molecular formula is C36H56O9. The fraction of sp³-hybridized carbons (Fsp3) is 0.889. The second-order valence-electron chi connectivity index (χ2n) is 17.1. The highest BCUT2D eigenvalue weighted by molar-refractivity contribution is 5.76. The topological polar surface area (TPSA) is 165 Å². The minimum Gasteiger partial charge on any atom is -0.481 e. The number of hydrogen-bond acceptors (Lipinski definition) is 7. The summed E-state index contributed by atoms with van der Waals surface area (Å²) in [6, 6.07) is 0. The Hall–Kier alpha value is -1.52. The largest absolute Gasteiger partial charge is 0.481 e. The van der Waals surface area contributed by atoms with Crippen LogP contribution in [0.1, 0.15) is 98.8 Å². The highest BCUT2D eigenvalue weighted by Crippen LogP contribution is 2.77. The molecule has 6 fully saturated rings. The van der Waals surface area contributed by atoms with E-state index in [1.165, 1.54) is 0 Å². The van der Waals surface area contributed by atoms with Gasteiger partial charge >= 0.3 is 11.9 Å². The molecule has 9 heteroatoms. The Kier molecular flexibility index (Phi) is 8.17. The number of carbonyl (C=O) groups is 2. The highest BCUT2D eigenvalue weighted by atomic mass is 16.6. The van der Waals surface area contributed by atoms with Crippen molar-refractivity contribution in [3.63, 3.8) is 0 Å². The molecule has 0 aromatic carbocycles. The van der Waals surface area contributed by atoms with Gasteiger partial charge in [0.05, 0.1) is 11.5 Å². The van der Waals surface area contributed by atoms with Crippen molar-refractivity contribution in [1.29, 1.82) is 0 Å². The summed E-state index contributed by atoms with van der Waals surface area (Å²) in [5.41, 5.74) is 0.581. The van der Waals surface area contributed by atoms with Gasteiger partial charge in [-0.1, -0.05) is 39.8 Å². The monoisotopic (exact) mass is 632 g/mol. The lowest BCUT2D eigenvalue weighted by molar-refractivity contribution is -0.261. The molecule has 9 nitrogen and oxygen atoms in total. The molecule has 45 heavy (non-hydrogen) atoms. The molecule has 0 amide bonds. The highest BCUT2D eigenvalue weighted by Gasteiger charge is 2.71. The first kappa shape index (κ1) is 33.4. The summed E-state index contributed by atoms with van der Waals surface area (Å²) in [5.74, 6) is -0.738. The van der Waals surface area contributed by atoms with Crippen LogP contribution < -0.4 is 0 Å². The van der Waals surface area contributed by atoms with E-state index in [4.69, 9.17) is 4.74 Å². The van der Waals surface area contributed by atoms with Crippen LogP contribution in [0.2, 0.25) is 0 Å². The third-order valence-corrected chi connectivity index (χ3v) is 15.8. The van der Waals surface area contributed by atoms with E-state index in [1.54, 1.807) is 0 Å². The van der Waals surface area contributed by atoms with Gasteiger partial charge < -0.3 is 35.4 Å². The second kappa shape index (κ2) is 11.0. The minimum atomic E-state index is -1.78. The van der Waals surface area contributed by atoms with Crippen molar-refractivity contribution >= 4 is 11.9 Å². The Balaban J connectivity index is 1.26. The molecule has 0 radical (unpaired) electrons. The number of allylic oxidation sites excluding steroid dienone is 1. The van der Waals surface area contributed by atoms with E-state index < -0.39 is 54.0 Å². The van der Waals surface area contributed by atoms with Gasteiger partial charge in [0.25, 0.3) is 0 Å². The second-order valence-corrected chi connectivity index (χ2v) is 17.1. The first-order valence-electron chi connectivity index (χ1n) is 17.5. The van der Waals surface area contributed by atoms with Gasteiger partial charge in [-0.25, -0.2) is 4.79 Å². The third-order valence-electron chi connectivity index (χ3n) is 15.8. The van der Waals surface area contributed by atoms with E-state index in [1.807, 2.05) is 0 Å². The molecule has 5 saturated carbocycles. The number of aliphatic hydroxyl groups is 4. The lowest BCUT2D eigenvalue weighted by atomic mass is 9.33. The maximum absolute atomic E-state index is 12.9. The molecule has 6 aliphatic rings. The number of carboxylic acid groups (broad SMARTS) is 2. The summed E-state index contributed by atoms with van der Waals surface area (Å²) in [6.45, 7) is 16.0. The van der Waals surface area contributed by atoms with Gasteiger partial charge in [0, 0.05) is 0 Å². The normalized spacial score (nSPS) is 55.0. The molecule has 5 aliphatic carbocycles. The van der Waals surface area contributed by atoms with E-state index >= 15 is 0 Å². The Morgan fingerprint density at radius 1 is 0.822 bits per heavy atom. The van der Waals surface area contributed by atoms with Crippen LogP contribution in [-0.2, 0) is 14.3 Å². The zero-order chi connectivity index (χ0) is 33.0. The van der Waals surface area contributed by atoms with Crippen LogP contribution in [0.15, 0.2) is 12.2 Å². The lowest BCUT2D eigenvalue weighted by Gasteiger charge is -2.72. The van der Waals surface area contributed by atoms with Crippen molar-refractivity contribution in [3.8, 4) is 0 Å². The summed E-state index contributed by atoms with van der Waals surface area (Å²) in [5, 5.41) is 63.1. The molecule has 17 atom stereocenters. The maximum Gasteiger partial charge on any atom is 0.335 e. The zero-order valence-electron chi connectivity index (χ0n) is 27.7. The number of rotatable bonds is 5. The molecule has 1 saturated heterocycles. The number of ether oxygens (including phenoxy) is 1. The lowest BCUT2D eigenvalue weighted by Crippen LogP contribution is -2.67. The number of fused-ring (bicyclic) bond motifs is 7. The summed E-state index contributed by atoms with van der Waals surface area (Å²) in [6.07, 6.45) is -0.294.